The van der Waals surface area contributed by atoms with Crippen LogP contribution in [0.5, 0.6) is 0 Å². The first-order valence-corrected chi connectivity index (χ1v) is 9.98. The van der Waals surface area contributed by atoms with Crippen molar-refractivity contribution in [1.82, 2.24) is 9.55 Å². The Balaban J connectivity index is 1.66. The van der Waals surface area contributed by atoms with E-state index in [-0.39, 0.29) is 28.7 Å². The Morgan fingerprint density at radius 3 is 2.85 bits per heavy atom. The summed E-state index contributed by atoms with van der Waals surface area (Å²) in [4.78, 5) is 28.0. The summed E-state index contributed by atoms with van der Waals surface area (Å²) in [7, 11) is 0. The van der Waals surface area contributed by atoms with Crippen molar-refractivity contribution in [2.45, 2.75) is 57.8 Å². The van der Waals surface area contributed by atoms with Crippen molar-refractivity contribution in [3.8, 4) is 0 Å². The average Bonchev–Trinajstić information content (AvgIpc) is 2.89. The first-order valence-electron chi connectivity index (χ1n) is 8.99. The van der Waals surface area contributed by atoms with Gasteiger partial charge in [-0.1, -0.05) is 38.6 Å². The summed E-state index contributed by atoms with van der Waals surface area (Å²) in [6.45, 7) is 10.9. The van der Waals surface area contributed by atoms with E-state index in [9.17, 15) is 9.59 Å². The first-order chi connectivity index (χ1) is 12.2. The smallest absolute Gasteiger partial charge is 0.316 e. The number of rotatable bonds is 6. The number of allylic oxidation sites excluding steroid dienone is 1. The topological polar surface area (TPSA) is 87.2 Å². The lowest BCUT2D eigenvalue weighted by Gasteiger charge is -2.38. The summed E-state index contributed by atoms with van der Waals surface area (Å²) < 4.78 is 7.50. The van der Waals surface area contributed by atoms with Crippen LogP contribution < -0.4 is 11.3 Å². The van der Waals surface area contributed by atoms with Gasteiger partial charge < -0.3 is 15.0 Å². The van der Waals surface area contributed by atoms with Crippen LogP contribution in [0.1, 0.15) is 40.0 Å². The molecule has 0 aliphatic heterocycles. The van der Waals surface area contributed by atoms with E-state index < -0.39 is 5.56 Å². The van der Waals surface area contributed by atoms with Crippen LogP contribution >= 0.6 is 11.8 Å². The van der Waals surface area contributed by atoms with Crippen LogP contribution in [0.25, 0.3) is 0 Å². The third-order valence-electron chi connectivity index (χ3n) is 6.64. The number of hydrogen-bond acceptors (Lipinski definition) is 6. The maximum atomic E-state index is 12.4. The number of anilines is 1. The van der Waals surface area contributed by atoms with E-state index in [0.29, 0.717) is 23.4 Å². The minimum absolute atomic E-state index is 0.0338. The molecule has 1 aromatic rings. The van der Waals surface area contributed by atoms with Gasteiger partial charge >= 0.3 is 5.97 Å². The molecule has 0 saturated heterocycles. The van der Waals surface area contributed by atoms with Crippen LogP contribution in [0, 0.1) is 16.7 Å². The average molecular weight is 378 g/mol. The Kier molecular flexibility index (Phi) is 4.94. The minimum atomic E-state index is -0.416. The quantitative estimate of drug-likeness (QED) is 0.355. The van der Waals surface area contributed by atoms with Gasteiger partial charge in [0.25, 0.3) is 5.56 Å². The standard InChI is InChI=1S/C19H27N3O3S/c1-5-8-22-14(20)10-15(23)21-17(22)26-11-16(24)25-13-9-12-6-7-19(13,4)18(12,2)3/h5,10,12-13H,1,6-9,11,20H2,2-4H3/t12-,13-,19-/m1/s1. The van der Waals surface area contributed by atoms with Crippen molar-refractivity contribution < 1.29 is 9.53 Å². The maximum Gasteiger partial charge on any atom is 0.316 e. The highest BCUT2D eigenvalue weighted by Crippen LogP contribution is 2.66. The SMILES string of the molecule is C=CCn1c(N)cc(=O)nc1SCC(=O)O[C@@H]1C[C@H]2CC[C@@]1(C)C2(C)C. The fourth-order valence-electron chi connectivity index (χ4n) is 4.55. The maximum absolute atomic E-state index is 12.4. The van der Waals surface area contributed by atoms with Gasteiger partial charge in [-0.25, -0.2) is 0 Å². The molecule has 3 rings (SSSR count). The van der Waals surface area contributed by atoms with Crippen LogP contribution in [0.2, 0.25) is 0 Å². The lowest BCUT2D eigenvalue weighted by atomic mass is 9.70. The lowest BCUT2D eigenvalue weighted by molar-refractivity contribution is -0.153. The molecule has 7 heteroatoms. The number of ether oxygens (including phenoxy) is 1. The summed E-state index contributed by atoms with van der Waals surface area (Å²) in [5.74, 6) is 0.755. The Hall–Kier alpha value is -1.76. The zero-order valence-corrected chi connectivity index (χ0v) is 16.5. The number of esters is 1. The van der Waals surface area contributed by atoms with Crippen molar-refractivity contribution in [2.24, 2.45) is 16.7 Å². The van der Waals surface area contributed by atoms with Gasteiger partial charge in [0.2, 0.25) is 0 Å². The van der Waals surface area contributed by atoms with Gasteiger partial charge in [-0.2, -0.15) is 4.98 Å². The summed E-state index contributed by atoms with van der Waals surface area (Å²) >= 11 is 1.18. The van der Waals surface area contributed by atoms with Gasteiger partial charge in [0.1, 0.15) is 11.9 Å². The normalized spacial score (nSPS) is 28.9. The number of carbonyl (C=O) groups is 1. The number of nitrogens with zero attached hydrogens (tertiary/aromatic N) is 2. The largest absolute Gasteiger partial charge is 0.461 e. The second-order valence-electron chi connectivity index (χ2n) is 8.08. The number of nitrogens with two attached hydrogens (primary N) is 1. The molecule has 1 aromatic heterocycles. The summed E-state index contributed by atoms with van der Waals surface area (Å²) in [5.41, 5.74) is 5.70. The third kappa shape index (κ3) is 3.06. The Morgan fingerprint density at radius 1 is 1.54 bits per heavy atom. The number of nitrogen functional groups attached to an aromatic ring is 1. The second kappa shape index (κ2) is 6.76. The second-order valence-corrected chi connectivity index (χ2v) is 9.02. The van der Waals surface area contributed by atoms with Crippen molar-refractivity contribution in [3.05, 3.63) is 29.1 Å². The summed E-state index contributed by atoms with van der Waals surface area (Å²) in [5, 5.41) is 0.409. The third-order valence-corrected chi connectivity index (χ3v) is 7.59. The summed E-state index contributed by atoms with van der Waals surface area (Å²) in [6.07, 6.45) is 4.90. The van der Waals surface area contributed by atoms with E-state index in [4.69, 9.17) is 10.5 Å². The van der Waals surface area contributed by atoms with E-state index >= 15 is 0 Å². The van der Waals surface area contributed by atoms with Crippen molar-refractivity contribution in [2.75, 3.05) is 11.5 Å². The van der Waals surface area contributed by atoms with Gasteiger partial charge in [0, 0.05) is 18.0 Å². The molecule has 0 radical (unpaired) electrons. The molecule has 142 valence electrons. The molecule has 2 N–H and O–H groups in total. The fraction of sp³-hybridized carbons (Fsp3) is 0.632. The van der Waals surface area contributed by atoms with E-state index in [1.807, 2.05) is 0 Å². The number of thioether (sulfide) groups is 1. The van der Waals surface area contributed by atoms with Gasteiger partial charge in [-0.3, -0.25) is 9.59 Å². The molecule has 0 amide bonds. The molecule has 3 atom stereocenters. The first kappa shape index (κ1) is 19.0. The van der Waals surface area contributed by atoms with Crippen LogP contribution in [-0.2, 0) is 16.1 Å². The number of hydrogen-bond donors (Lipinski definition) is 1. The molecular weight excluding hydrogens is 350 g/mol. The minimum Gasteiger partial charge on any atom is -0.461 e. The van der Waals surface area contributed by atoms with E-state index in [2.05, 4.69) is 32.3 Å². The molecule has 2 bridgehead atoms. The Bertz CT molecular complexity index is 789. The van der Waals surface area contributed by atoms with Crippen LogP contribution in [-0.4, -0.2) is 27.4 Å². The van der Waals surface area contributed by atoms with Crippen LogP contribution in [0.3, 0.4) is 0 Å². The summed E-state index contributed by atoms with van der Waals surface area (Å²) in [6, 6.07) is 1.27. The Labute approximate surface area is 158 Å². The highest BCUT2D eigenvalue weighted by Gasteiger charge is 2.62. The zero-order valence-electron chi connectivity index (χ0n) is 15.7. The van der Waals surface area contributed by atoms with Crippen LogP contribution in [0.15, 0.2) is 28.7 Å². The zero-order chi connectivity index (χ0) is 19.1. The number of carbonyl (C=O) groups excluding carboxylic acids is 1. The van der Waals surface area contributed by atoms with Gasteiger partial charge in [-0.05, 0) is 30.6 Å². The van der Waals surface area contributed by atoms with Crippen molar-refractivity contribution in [3.63, 3.8) is 0 Å². The molecule has 0 aromatic carbocycles. The van der Waals surface area contributed by atoms with Crippen LogP contribution in [0.4, 0.5) is 5.82 Å². The predicted molar refractivity (Wildman–Crippen MR) is 103 cm³/mol. The molecule has 26 heavy (non-hydrogen) atoms. The molecule has 0 unspecified atom stereocenters. The predicted octanol–water partition coefficient (Wildman–Crippen LogP) is 2.86. The van der Waals surface area contributed by atoms with E-state index in [1.54, 1.807) is 10.6 Å². The molecular formula is C19H27N3O3S. The highest BCUT2D eigenvalue weighted by molar-refractivity contribution is 7.99. The van der Waals surface area contributed by atoms with Gasteiger partial charge in [0.05, 0.1) is 5.75 Å². The molecule has 0 spiro atoms. The van der Waals surface area contributed by atoms with Crippen molar-refractivity contribution >= 4 is 23.5 Å². The molecule has 2 aliphatic rings. The number of fused-ring (bicyclic) bond motifs is 2. The van der Waals surface area contributed by atoms with Crippen molar-refractivity contribution in [1.29, 1.82) is 0 Å². The van der Waals surface area contributed by atoms with E-state index in [1.165, 1.54) is 24.2 Å². The monoisotopic (exact) mass is 377 g/mol. The van der Waals surface area contributed by atoms with Gasteiger partial charge in [0.15, 0.2) is 5.16 Å². The van der Waals surface area contributed by atoms with E-state index in [0.717, 1.165) is 12.8 Å². The Morgan fingerprint density at radius 2 is 2.27 bits per heavy atom. The lowest BCUT2D eigenvalue weighted by Crippen LogP contribution is -2.38. The van der Waals surface area contributed by atoms with Gasteiger partial charge in [-0.15, -0.1) is 6.58 Å². The number of aromatic nitrogens is 2. The fourth-order valence-corrected chi connectivity index (χ4v) is 5.35. The molecule has 1 heterocycles. The highest BCUT2D eigenvalue weighted by atomic mass is 32.2. The molecule has 2 aliphatic carbocycles. The molecule has 2 fully saturated rings. The molecule has 6 nitrogen and oxygen atoms in total. The molecule has 2 saturated carbocycles.